The first-order valence-electron chi connectivity index (χ1n) is 4.09. The molecule has 84 valence electrons. The van der Waals surface area contributed by atoms with Gasteiger partial charge in [0.05, 0.1) is 19.8 Å². The summed E-state index contributed by atoms with van der Waals surface area (Å²) in [6.07, 6.45) is -1.28. The Morgan fingerprint density at radius 3 is 2.47 bits per heavy atom. The van der Waals surface area contributed by atoms with E-state index in [4.69, 9.17) is 9.47 Å². The van der Waals surface area contributed by atoms with Crippen molar-refractivity contribution in [3.8, 4) is 11.6 Å². The minimum absolute atomic E-state index is 0.00977. The second-order valence-electron chi connectivity index (χ2n) is 2.67. The molecule has 0 saturated heterocycles. The van der Waals surface area contributed by atoms with Gasteiger partial charge in [0.15, 0.2) is 5.75 Å². The largest absolute Gasteiger partial charge is 0.491 e. The lowest BCUT2D eigenvalue weighted by molar-refractivity contribution is 0.145. The lowest BCUT2D eigenvalue weighted by Crippen LogP contribution is -2.02. The highest BCUT2D eigenvalue weighted by atomic mass is 79.9. The summed E-state index contributed by atoms with van der Waals surface area (Å²) in [5, 5.41) is 0.292. The van der Waals surface area contributed by atoms with Crippen LogP contribution >= 0.6 is 15.9 Å². The van der Waals surface area contributed by atoms with Crippen LogP contribution in [0.4, 0.5) is 8.78 Å². The third-order valence-electron chi connectivity index (χ3n) is 1.88. The summed E-state index contributed by atoms with van der Waals surface area (Å²) in [6.45, 7) is 0. The molecule has 15 heavy (non-hydrogen) atoms. The van der Waals surface area contributed by atoms with Crippen LogP contribution in [0.25, 0.3) is 0 Å². The molecule has 0 amide bonds. The fourth-order valence-corrected chi connectivity index (χ4v) is 1.66. The number of aromatic nitrogens is 1. The molecule has 1 aromatic rings. The zero-order chi connectivity index (χ0) is 11.4. The average Bonchev–Trinajstić information content (AvgIpc) is 2.26. The number of pyridine rings is 1. The van der Waals surface area contributed by atoms with E-state index < -0.39 is 6.43 Å². The van der Waals surface area contributed by atoms with Crippen molar-refractivity contribution >= 4 is 15.9 Å². The predicted molar refractivity (Wildman–Crippen MR) is 54.9 cm³/mol. The highest BCUT2D eigenvalue weighted by molar-refractivity contribution is 9.08. The van der Waals surface area contributed by atoms with E-state index >= 15 is 0 Å². The van der Waals surface area contributed by atoms with E-state index in [0.29, 0.717) is 10.9 Å². The van der Waals surface area contributed by atoms with Gasteiger partial charge in [-0.3, -0.25) is 0 Å². The van der Waals surface area contributed by atoms with Crippen molar-refractivity contribution in [3.63, 3.8) is 0 Å². The van der Waals surface area contributed by atoms with Crippen molar-refractivity contribution in [1.29, 1.82) is 0 Å². The van der Waals surface area contributed by atoms with E-state index in [1.807, 2.05) is 0 Å². The lowest BCUT2D eigenvalue weighted by Gasteiger charge is -2.13. The van der Waals surface area contributed by atoms with E-state index in [1.165, 1.54) is 20.4 Å². The zero-order valence-corrected chi connectivity index (χ0v) is 9.85. The van der Waals surface area contributed by atoms with E-state index in [1.54, 1.807) is 0 Å². The van der Waals surface area contributed by atoms with Crippen LogP contribution in [0.5, 0.6) is 11.6 Å². The fraction of sp³-hybridized carbons (Fsp3) is 0.444. The van der Waals surface area contributed by atoms with Crippen LogP contribution in [-0.2, 0) is 5.33 Å². The highest BCUT2D eigenvalue weighted by Crippen LogP contribution is 2.38. The maximum Gasteiger partial charge on any atom is 0.267 e. The highest BCUT2D eigenvalue weighted by Gasteiger charge is 2.22. The molecule has 0 fully saturated rings. The SMILES string of the molecule is COc1ncc(CBr)c(C(F)F)c1OC. The maximum atomic E-state index is 12.8. The van der Waals surface area contributed by atoms with Crippen LogP contribution in [0.1, 0.15) is 17.6 Å². The molecule has 0 aliphatic carbocycles. The van der Waals surface area contributed by atoms with Gasteiger partial charge in [-0.1, -0.05) is 15.9 Å². The number of alkyl halides is 3. The summed E-state index contributed by atoms with van der Waals surface area (Å²) in [5.41, 5.74) is 0.212. The number of methoxy groups -OCH3 is 2. The van der Waals surface area contributed by atoms with Crippen LogP contribution in [0, 0.1) is 0 Å². The Bertz CT molecular complexity index is 347. The molecule has 0 saturated carbocycles. The Kier molecular flexibility index (Phi) is 4.26. The van der Waals surface area contributed by atoms with Gasteiger partial charge in [0.1, 0.15) is 0 Å². The smallest absolute Gasteiger partial charge is 0.267 e. The van der Waals surface area contributed by atoms with Crippen molar-refractivity contribution in [2.45, 2.75) is 11.8 Å². The van der Waals surface area contributed by atoms with Crippen molar-refractivity contribution in [3.05, 3.63) is 17.3 Å². The van der Waals surface area contributed by atoms with E-state index in [-0.39, 0.29) is 17.2 Å². The van der Waals surface area contributed by atoms with Crippen LogP contribution in [0.2, 0.25) is 0 Å². The molecule has 0 aliphatic heterocycles. The van der Waals surface area contributed by atoms with Gasteiger partial charge < -0.3 is 9.47 Å². The van der Waals surface area contributed by atoms with Gasteiger partial charge in [-0.25, -0.2) is 13.8 Å². The second kappa shape index (κ2) is 5.25. The standard InChI is InChI=1S/C9H10BrF2NO2/c1-14-7-6(8(11)12)5(3-10)4-13-9(7)15-2/h4,8H,3H2,1-2H3. The third-order valence-corrected chi connectivity index (χ3v) is 2.49. The molecule has 6 heteroatoms. The Morgan fingerprint density at radius 1 is 1.40 bits per heavy atom. The molecule has 0 bridgehead atoms. The minimum Gasteiger partial charge on any atom is -0.491 e. The molecular formula is C9H10BrF2NO2. The van der Waals surface area contributed by atoms with Gasteiger partial charge in [0, 0.05) is 11.5 Å². The first-order valence-corrected chi connectivity index (χ1v) is 5.21. The topological polar surface area (TPSA) is 31.4 Å². The number of ether oxygens (including phenoxy) is 2. The number of hydrogen-bond acceptors (Lipinski definition) is 3. The second-order valence-corrected chi connectivity index (χ2v) is 3.23. The van der Waals surface area contributed by atoms with E-state index in [2.05, 4.69) is 20.9 Å². The average molecular weight is 282 g/mol. The van der Waals surface area contributed by atoms with Crippen molar-refractivity contribution in [2.24, 2.45) is 0 Å². The first-order chi connectivity index (χ1) is 7.15. The molecule has 1 aromatic heterocycles. The van der Waals surface area contributed by atoms with E-state index in [9.17, 15) is 8.78 Å². The van der Waals surface area contributed by atoms with E-state index in [0.717, 1.165) is 0 Å². The quantitative estimate of drug-likeness (QED) is 0.796. The van der Waals surface area contributed by atoms with Crippen LogP contribution < -0.4 is 9.47 Å². The maximum absolute atomic E-state index is 12.8. The Hall–Kier alpha value is -0.910. The lowest BCUT2D eigenvalue weighted by atomic mass is 10.1. The van der Waals surface area contributed by atoms with Gasteiger partial charge in [-0.15, -0.1) is 0 Å². The molecule has 1 rings (SSSR count). The minimum atomic E-state index is -2.62. The fourth-order valence-electron chi connectivity index (χ4n) is 1.21. The predicted octanol–water partition coefficient (Wildman–Crippen LogP) is 2.93. The first kappa shape index (κ1) is 12.2. The van der Waals surface area contributed by atoms with Crippen LogP contribution in [0.15, 0.2) is 6.20 Å². The Morgan fingerprint density at radius 2 is 2.07 bits per heavy atom. The van der Waals surface area contributed by atoms with Crippen molar-refractivity contribution < 1.29 is 18.3 Å². The molecule has 0 aliphatic rings. The molecule has 0 aromatic carbocycles. The number of nitrogens with zero attached hydrogens (tertiary/aromatic N) is 1. The molecule has 0 spiro atoms. The third kappa shape index (κ3) is 2.37. The molecule has 3 nitrogen and oxygen atoms in total. The van der Waals surface area contributed by atoms with Crippen molar-refractivity contribution in [1.82, 2.24) is 4.98 Å². The van der Waals surface area contributed by atoms with Gasteiger partial charge in [-0.05, 0) is 5.56 Å². The summed E-state index contributed by atoms with van der Waals surface area (Å²) in [7, 11) is 2.66. The van der Waals surface area contributed by atoms with Crippen LogP contribution in [0.3, 0.4) is 0 Å². The summed E-state index contributed by atoms with van der Waals surface area (Å²) in [4.78, 5) is 3.87. The van der Waals surface area contributed by atoms with Crippen LogP contribution in [-0.4, -0.2) is 19.2 Å². The monoisotopic (exact) mass is 281 g/mol. The summed E-state index contributed by atoms with van der Waals surface area (Å²) in [6, 6.07) is 0. The van der Waals surface area contributed by atoms with Crippen molar-refractivity contribution in [2.75, 3.05) is 14.2 Å². The number of rotatable bonds is 4. The number of halogens is 3. The molecule has 0 radical (unpaired) electrons. The summed E-state index contributed by atoms with van der Waals surface area (Å²) < 4.78 is 35.3. The zero-order valence-electron chi connectivity index (χ0n) is 8.26. The van der Waals surface area contributed by atoms with Gasteiger partial charge in [-0.2, -0.15) is 0 Å². The Labute approximate surface area is 94.5 Å². The van der Waals surface area contributed by atoms with Gasteiger partial charge in [0.2, 0.25) is 0 Å². The van der Waals surface area contributed by atoms with Gasteiger partial charge >= 0.3 is 0 Å². The molecule has 0 atom stereocenters. The van der Waals surface area contributed by atoms with Gasteiger partial charge in [0.25, 0.3) is 12.3 Å². The number of hydrogen-bond donors (Lipinski definition) is 0. The molecule has 1 heterocycles. The molecule has 0 N–H and O–H groups in total. The molecule has 0 unspecified atom stereocenters. The Balaban J connectivity index is 3.37. The summed E-state index contributed by atoms with van der Waals surface area (Å²) in [5.74, 6) is 0.0574. The molecular weight excluding hydrogens is 272 g/mol. The summed E-state index contributed by atoms with van der Waals surface area (Å²) >= 11 is 3.12. The normalized spacial score (nSPS) is 10.5.